The number of nitrogens with zero attached hydrogens (tertiary/aromatic N) is 1. The maximum atomic E-state index is 11.8. The summed E-state index contributed by atoms with van der Waals surface area (Å²) in [6.07, 6.45) is 4.87. The molecule has 0 spiro atoms. The van der Waals surface area contributed by atoms with E-state index in [2.05, 4.69) is 4.98 Å². The topological polar surface area (TPSA) is 80.4 Å². The molecule has 0 saturated heterocycles. The van der Waals surface area contributed by atoms with Crippen molar-refractivity contribution in [1.29, 1.82) is 0 Å². The number of hydrogen-bond donors (Lipinski definition) is 1. The molecule has 0 fully saturated rings. The fourth-order valence-electron chi connectivity index (χ4n) is 2.61. The van der Waals surface area contributed by atoms with Crippen LogP contribution in [0.3, 0.4) is 0 Å². The van der Waals surface area contributed by atoms with E-state index in [1.165, 1.54) is 23.7 Å². The number of aromatic nitrogens is 1. The molecule has 0 radical (unpaired) electrons. The van der Waals surface area contributed by atoms with Gasteiger partial charge in [0.25, 0.3) is 10.1 Å². The second-order valence-electron chi connectivity index (χ2n) is 5.56. The van der Waals surface area contributed by atoms with Crippen LogP contribution in [0.2, 0.25) is 0 Å². The van der Waals surface area contributed by atoms with Crippen molar-refractivity contribution >= 4 is 43.8 Å². The largest absolute Gasteiger partial charge is 0.464 e. The van der Waals surface area contributed by atoms with Crippen LogP contribution >= 0.6 is 11.3 Å². The van der Waals surface area contributed by atoms with Crippen molar-refractivity contribution in [3.05, 3.63) is 71.4 Å². The lowest BCUT2D eigenvalue weighted by atomic mass is 10.1. The monoisotopic (exact) mass is 383 g/mol. The molecule has 0 aliphatic carbocycles. The molecule has 0 amide bonds. The molecule has 0 aliphatic rings. The number of benzene rings is 2. The molecule has 4 aromatic rings. The van der Waals surface area contributed by atoms with Gasteiger partial charge in [-0.15, -0.1) is 11.3 Å². The minimum absolute atomic E-state index is 0.177. The Kier molecular flexibility index (Phi) is 4.20. The summed E-state index contributed by atoms with van der Waals surface area (Å²) < 4.78 is 39.5. The van der Waals surface area contributed by atoms with E-state index in [-0.39, 0.29) is 4.90 Å². The SMILES string of the molecule is O=S(=O)(O)c1cc(-c2ccco2)ccc1C=Cc1nc2ccccc2s1. The van der Waals surface area contributed by atoms with Crippen molar-refractivity contribution in [3.63, 3.8) is 0 Å². The zero-order valence-electron chi connectivity index (χ0n) is 13.4. The number of hydrogen-bond acceptors (Lipinski definition) is 5. The summed E-state index contributed by atoms with van der Waals surface area (Å²) in [4.78, 5) is 4.31. The Balaban J connectivity index is 1.75. The number of furan rings is 1. The molecule has 7 heteroatoms. The third-order valence-electron chi connectivity index (χ3n) is 3.81. The minimum Gasteiger partial charge on any atom is -0.464 e. The van der Waals surface area contributed by atoms with Gasteiger partial charge in [0.05, 0.1) is 16.5 Å². The van der Waals surface area contributed by atoms with Gasteiger partial charge in [0.1, 0.15) is 15.7 Å². The van der Waals surface area contributed by atoms with E-state index in [0.717, 1.165) is 15.2 Å². The van der Waals surface area contributed by atoms with Gasteiger partial charge >= 0.3 is 0 Å². The maximum Gasteiger partial charge on any atom is 0.295 e. The minimum atomic E-state index is -4.39. The van der Waals surface area contributed by atoms with Crippen LogP contribution in [0.25, 0.3) is 33.7 Å². The van der Waals surface area contributed by atoms with Gasteiger partial charge < -0.3 is 4.42 Å². The van der Waals surface area contributed by atoms with Crippen molar-refractivity contribution in [2.24, 2.45) is 0 Å². The Morgan fingerprint density at radius 1 is 1.04 bits per heavy atom. The Hall–Kier alpha value is -2.74. The van der Waals surface area contributed by atoms with Crippen LogP contribution in [-0.4, -0.2) is 18.0 Å². The second kappa shape index (κ2) is 6.53. The van der Waals surface area contributed by atoms with Gasteiger partial charge in [-0.2, -0.15) is 8.42 Å². The summed E-state index contributed by atoms with van der Waals surface area (Å²) in [5.74, 6) is 0.525. The molecular weight excluding hydrogens is 370 g/mol. The first-order valence-electron chi connectivity index (χ1n) is 7.70. The van der Waals surface area contributed by atoms with Crippen LogP contribution < -0.4 is 0 Å². The molecule has 0 unspecified atom stereocenters. The second-order valence-corrected chi connectivity index (χ2v) is 8.01. The highest BCUT2D eigenvalue weighted by atomic mass is 32.2. The number of thiazole rings is 1. The van der Waals surface area contributed by atoms with Gasteiger partial charge in [0.2, 0.25) is 0 Å². The summed E-state index contributed by atoms with van der Waals surface area (Å²) in [6.45, 7) is 0. The van der Waals surface area contributed by atoms with Gasteiger partial charge in [-0.3, -0.25) is 4.55 Å². The highest BCUT2D eigenvalue weighted by molar-refractivity contribution is 7.86. The van der Waals surface area contributed by atoms with Gasteiger partial charge in [-0.05, 0) is 42.0 Å². The normalized spacial score (nSPS) is 12.2. The summed E-state index contributed by atoms with van der Waals surface area (Å²) in [5, 5.41) is 0.752. The Labute approximate surface area is 154 Å². The average molecular weight is 383 g/mol. The Bertz CT molecular complexity index is 1170. The third-order valence-corrected chi connectivity index (χ3v) is 5.72. The zero-order valence-corrected chi connectivity index (χ0v) is 15.0. The van der Waals surface area contributed by atoms with Gasteiger partial charge in [-0.25, -0.2) is 4.98 Å². The van der Waals surface area contributed by atoms with Crippen molar-refractivity contribution < 1.29 is 17.4 Å². The summed E-state index contributed by atoms with van der Waals surface area (Å²) in [7, 11) is -4.39. The highest BCUT2D eigenvalue weighted by Crippen LogP contribution is 2.28. The molecule has 2 aromatic carbocycles. The first-order chi connectivity index (χ1) is 12.5. The van der Waals surface area contributed by atoms with E-state index in [0.29, 0.717) is 16.9 Å². The molecule has 5 nitrogen and oxygen atoms in total. The molecule has 1 N–H and O–H groups in total. The third kappa shape index (κ3) is 3.32. The van der Waals surface area contributed by atoms with Crippen molar-refractivity contribution in [2.75, 3.05) is 0 Å². The van der Waals surface area contributed by atoms with E-state index >= 15 is 0 Å². The number of para-hydroxylation sites is 1. The molecule has 2 aromatic heterocycles. The van der Waals surface area contributed by atoms with Crippen molar-refractivity contribution in [2.45, 2.75) is 4.90 Å². The van der Waals surface area contributed by atoms with Crippen LogP contribution in [0.1, 0.15) is 10.6 Å². The molecule has 130 valence electrons. The molecule has 0 saturated carbocycles. The first kappa shape index (κ1) is 16.7. The van der Waals surface area contributed by atoms with Crippen LogP contribution in [0, 0.1) is 0 Å². The molecule has 0 aliphatic heterocycles. The first-order valence-corrected chi connectivity index (χ1v) is 9.95. The standard InChI is InChI=1S/C19H13NO4S2/c21-26(22,23)18-12-14(16-5-3-11-24-16)8-7-13(18)9-10-19-20-15-4-1-2-6-17(15)25-19/h1-12H,(H,21,22,23). The van der Waals surface area contributed by atoms with E-state index < -0.39 is 10.1 Å². The van der Waals surface area contributed by atoms with Gasteiger partial charge in [0.15, 0.2) is 0 Å². The smallest absolute Gasteiger partial charge is 0.295 e. The Morgan fingerprint density at radius 2 is 1.88 bits per heavy atom. The van der Waals surface area contributed by atoms with Crippen LogP contribution in [0.4, 0.5) is 0 Å². The van der Waals surface area contributed by atoms with Gasteiger partial charge in [0, 0.05) is 5.56 Å². The molecule has 0 bridgehead atoms. The highest BCUT2D eigenvalue weighted by Gasteiger charge is 2.16. The molecule has 2 heterocycles. The van der Waals surface area contributed by atoms with E-state index in [4.69, 9.17) is 4.42 Å². The van der Waals surface area contributed by atoms with Crippen molar-refractivity contribution in [1.82, 2.24) is 4.98 Å². The molecule has 4 rings (SSSR count). The maximum absolute atomic E-state index is 11.8. The predicted octanol–water partition coefficient (Wildman–Crippen LogP) is 4.97. The van der Waals surface area contributed by atoms with Crippen LogP contribution in [-0.2, 0) is 10.1 Å². The van der Waals surface area contributed by atoms with E-state index in [1.54, 1.807) is 36.4 Å². The van der Waals surface area contributed by atoms with Crippen molar-refractivity contribution in [3.8, 4) is 11.3 Å². The van der Waals surface area contributed by atoms with E-state index in [9.17, 15) is 13.0 Å². The number of fused-ring (bicyclic) bond motifs is 1. The fourth-order valence-corrected chi connectivity index (χ4v) is 4.19. The quantitative estimate of drug-likeness (QED) is 0.503. The fraction of sp³-hybridized carbons (Fsp3) is 0. The van der Waals surface area contributed by atoms with Crippen LogP contribution in [0.5, 0.6) is 0 Å². The molecule has 0 atom stereocenters. The van der Waals surface area contributed by atoms with Crippen LogP contribution in [0.15, 0.2) is 70.2 Å². The summed E-state index contributed by atoms with van der Waals surface area (Å²) >= 11 is 1.51. The summed E-state index contributed by atoms with van der Waals surface area (Å²) in [5.41, 5.74) is 1.84. The molecular formula is C19H13NO4S2. The van der Waals surface area contributed by atoms with E-state index in [1.807, 2.05) is 24.3 Å². The predicted molar refractivity (Wildman–Crippen MR) is 103 cm³/mol. The lowest BCUT2D eigenvalue weighted by Gasteiger charge is -2.05. The average Bonchev–Trinajstić information content (AvgIpc) is 3.28. The zero-order chi connectivity index (χ0) is 18.1. The number of rotatable bonds is 4. The summed E-state index contributed by atoms with van der Waals surface area (Å²) in [6, 6.07) is 16.0. The lowest BCUT2D eigenvalue weighted by molar-refractivity contribution is 0.483. The lowest BCUT2D eigenvalue weighted by Crippen LogP contribution is -2.01. The molecule has 26 heavy (non-hydrogen) atoms. The Morgan fingerprint density at radius 3 is 2.62 bits per heavy atom. The van der Waals surface area contributed by atoms with Gasteiger partial charge in [-0.1, -0.05) is 30.3 Å².